The molecule has 0 aliphatic heterocycles. The van der Waals surface area contributed by atoms with Gasteiger partial charge in [-0.05, 0) is 0 Å². The normalized spacial score (nSPS) is 11.8. The van der Waals surface area contributed by atoms with E-state index < -0.39 is 12.3 Å². The Morgan fingerprint density at radius 3 is 0.360 bits per heavy atom. The summed E-state index contributed by atoms with van der Waals surface area (Å²) in [6.07, 6.45) is -1.17. The van der Waals surface area contributed by atoms with Crippen molar-refractivity contribution in [2.75, 3.05) is 344 Å². The molecule has 0 bridgehead atoms. The number of aliphatic carboxylic acids is 1. The average molecular weight is 1270 g/mol. The zero-order chi connectivity index (χ0) is 61.7. The Bertz CT molecular complexity index is 1230. The van der Waals surface area contributed by atoms with Gasteiger partial charge in [-0.15, -0.1) is 0 Å². The van der Waals surface area contributed by atoms with Gasteiger partial charge in [0.05, 0.1) is 350 Å². The van der Waals surface area contributed by atoms with Crippen LogP contribution in [0.3, 0.4) is 0 Å². The number of carboxylic acid groups (broad SMARTS) is 1. The van der Waals surface area contributed by atoms with Crippen molar-refractivity contribution in [1.29, 1.82) is 0 Å². The number of carboxylic acids is 1. The Kier molecular flexibility index (Phi) is 77.9. The summed E-state index contributed by atoms with van der Waals surface area (Å²) < 4.78 is 142. The van der Waals surface area contributed by atoms with Crippen molar-refractivity contribution in [3.05, 3.63) is 0 Å². The maximum absolute atomic E-state index is 10.4. The summed E-state index contributed by atoms with van der Waals surface area (Å²) in [5.74, 6) is -0.881. The van der Waals surface area contributed by atoms with E-state index in [-0.39, 0.29) is 26.1 Å². The first kappa shape index (κ1) is 84.3. The van der Waals surface area contributed by atoms with Gasteiger partial charge in [0.25, 0.3) is 0 Å². The molecule has 30 heteroatoms. The molecule has 0 saturated carbocycles. The van der Waals surface area contributed by atoms with Crippen LogP contribution in [0, 0.1) is 0 Å². The molecule has 0 aliphatic rings. The van der Waals surface area contributed by atoms with E-state index in [4.69, 9.17) is 138 Å². The number of aliphatic hydroxyl groups excluding tert-OH is 1. The quantitative estimate of drug-likeness (QED) is 0.0515. The smallest absolute Gasteiger partial charge is 0.305 e. The topological polar surface area (TPSA) is 318 Å². The summed E-state index contributed by atoms with van der Waals surface area (Å²) in [5, 5.41) is 26.0. The van der Waals surface area contributed by atoms with Gasteiger partial charge in [0.1, 0.15) is 0 Å². The third-order valence-electron chi connectivity index (χ3n) is 10.3. The lowest BCUT2D eigenvalue weighted by atomic mass is 10.4. The molecule has 0 aliphatic carbocycles. The third kappa shape index (κ3) is 82.3. The SMILES string of the molecule is O=C(O)CCOCCOCCOCCOCCOCCOCCOCCOCCOCCOCCOCCOCCOCCOCCOCCOCCOCCOCCOCCOCCOCCOCCOCCOCCOCCOCCC(O)O. The standard InChI is InChI=1S/C56H112O30/c57-55(58)1-3-61-5-7-63-9-11-65-13-15-67-17-19-69-21-23-71-25-27-73-29-31-75-33-35-77-37-39-79-41-43-81-45-47-83-49-51-85-53-54-86-52-50-84-48-46-82-44-42-80-40-38-78-36-34-76-32-30-74-28-26-72-24-22-70-20-18-68-16-14-66-12-10-64-8-6-62-4-2-56(59)60/h55,57-58H,1-54H2,(H,59,60). The molecule has 516 valence electrons. The zero-order valence-electron chi connectivity index (χ0n) is 51.6. The van der Waals surface area contributed by atoms with E-state index in [1.54, 1.807) is 0 Å². The number of aliphatic hydroxyl groups is 2. The molecule has 30 nitrogen and oxygen atoms in total. The van der Waals surface area contributed by atoms with E-state index in [1.165, 1.54) is 0 Å². The largest absolute Gasteiger partial charge is 0.481 e. The Balaban J connectivity index is 3.09. The lowest BCUT2D eigenvalue weighted by Gasteiger charge is -2.09. The molecule has 0 unspecified atom stereocenters. The molecule has 0 fully saturated rings. The Hall–Kier alpha value is -1.65. The van der Waals surface area contributed by atoms with E-state index in [2.05, 4.69) is 0 Å². The fourth-order valence-electron chi connectivity index (χ4n) is 5.95. The lowest BCUT2D eigenvalue weighted by Crippen LogP contribution is -2.16. The number of hydrogen-bond donors (Lipinski definition) is 3. The predicted molar refractivity (Wildman–Crippen MR) is 306 cm³/mol. The van der Waals surface area contributed by atoms with E-state index >= 15 is 0 Å². The van der Waals surface area contributed by atoms with E-state index in [0.29, 0.717) is 330 Å². The Morgan fingerprint density at radius 2 is 0.267 bits per heavy atom. The van der Waals surface area contributed by atoms with Gasteiger partial charge in [0.2, 0.25) is 0 Å². The molecule has 0 aromatic heterocycles. The first-order valence-corrected chi connectivity index (χ1v) is 30.2. The molecule has 0 radical (unpaired) electrons. The van der Waals surface area contributed by atoms with E-state index in [0.717, 1.165) is 0 Å². The fraction of sp³-hybridized carbons (Fsp3) is 0.982. The number of ether oxygens (including phenoxy) is 26. The molecule has 0 rings (SSSR count). The van der Waals surface area contributed by atoms with Crippen LogP contribution < -0.4 is 0 Å². The first-order valence-electron chi connectivity index (χ1n) is 30.2. The van der Waals surface area contributed by atoms with Gasteiger partial charge in [0.15, 0.2) is 6.29 Å². The molecule has 0 spiro atoms. The molecule has 0 amide bonds. The van der Waals surface area contributed by atoms with Crippen molar-refractivity contribution in [3.63, 3.8) is 0 Å². The van der Waals surface area contributed by atoms with Crippen molar-refractivity contribution in [2.45, 2.75) is 19.1 Å². The van der Waals surface area contributed by atoms with Crippen LogP contribution >= 0.6 is 0 Å². The van der Waals surface area contributed by atoms with Crippen molar-refractivity contribution >= 4 is 5.97 Å². The maximum Gasteiger partial charge on any atom is 0.305 e. The highest BCUT2D eigenvalue weighted by Gasteiger charge is 2.02. The van der Waals surface area contributed by atoms with Crippen molar-refractivity contribution in [1.82, 2.24) is 0 Å². The van der Waals surface area contributed by atoms with Crippen LogP contribution in [0.1, 0.15) is 12.8 Å². The summed E-state index contributed by atoms with van der Waals surface area (Å²) >= 11 is 0. The maximum atomic E-state index is 10.4. The summed E-state index contributed by atoms with van der Waals surface area (Å²) in [4.78, 5) is 10.4. The fourth-order valence-corrected chi connectivity index (χ4v) is 5.95. The minimum absolute atomic E-state index is 0.0112. The molecule has 0 aromatic rings. The minimum Gasteiger partial charge on any atom is -0.481 e. The summed E-state index contributed by atoms with van der Waals surface area (Å²) in [5.41, 5.74) is 0. The van der Waals surface area contributed by atoms with Gasteiger partial charge >= 0.3 is 5.97 Å². The highest BCUT2D eigenvalue weighted by molar-refractivity contribution is 5.66. The van der Waals surface area contributed by atoms with Gasteiger partial charge in [-0.3, -0.25) is 4.79 Å². The van der Waals surface area contributed by atoms with E-state index in [1.807, 2.05) is 0 Å². The second-order valence-corrected chi connectivity index (χ2v) is 17.3. The second-order valence-electron chi connectivity index (χ2n) is 17.3. The second kappa shape index (κ2) is 79.4. The number of rotatable bonds is 81. The Morgan fingerprint density at radius 1 is 0.174 bits per heavy atom. The van der Waals surface area contributed by atoms with Crippen LogP contribution in [0.15, 0.2) is 0 Å². The minimum atomic E-state index is -1.34. The van der Waals surface area contributed by atoms with Crippen molar-refractivity contribution < 1.29 is 143 Å². The third-order valence-corrected chi connectivity index (χ3v) is 10.3. The van der Waals surface area contributed by atoms with Crippen LogP contribution in [0.4, 0.5) is 0 Å². The summed E-state index contributed by atoms with van der Waals surface area (Å²) in [6, 6.07) is 0. The van der Waals surface area contributed by atoms with Crippen molar-refractivity contribution in [2.24, 2.45) is 0 Å². The highest BCUT2D eigenvalue weighted by Crippen LogP contribution is 1.93. The molecule has 3 N–H and O–H groups in total. The molecule has 86 heavy (non-hydrogen) atoms. The summed E-state index contributed by atoms with van der Waals surface area (Å²) in [6.45, 7) is 23.8. The van der Waals surface area contributed by atoms with Gasteiger partial charge in [-0.25, -0.2) is 0 Å². The number of carbonyl (C=O) groups is 1. The van der Waals surface area contributed by atoms with Gasteiger partial charge in [0, 0.05) is 6.42 Å². The highest BCUT2D eigenvalue weighted by atomic mass is 16.6. The van der Waals surface area contributed by atoms with Crippen LogP contribution in [0.25, 0.3) is 0 Å². The van der Waals surface area contributed by atoms with Gasteiger partial charge < -0.3 is 138 Å². The monoisotopic (exact) mass is 1260 g/mol. The van der Waals surface area contributed by atoms with Crippen LogP contribution in [-0.4, -0.2) is 371 Å². The molecular formula is C56H112O30. The molecular weight excluding hydrogens is 1150 g/mol. The summed E-state index contributed by atoms with van der Waals surface area (Å²) in [7, 11) is 0. The van der Waals surface area contributed by atoms with Crippen LogP contribution in [-0.2, 0) is 128 Å². The first-order chi connectivity index (χ1) is 42.6. The molecule has 0 heterocycles. The molecule has 0 atom stereocenters. The van der Waals surface area contributed by atoms with Gasteiger partial charge in [-0.2, -0.15) is 0 Å². The zero-order valence-corrected chi connectivity index (χ0v) is 51.6. The Labute approximate surface area is 510 Å². The molecule has 0 aromatic carbocycles. The van der Waals surface area contributed by atoms with E-state index in [9.17, 15) is 4.79 Å². The predicted octanol–water partition coefficient (Wildman–Crippen LogP) is -0.407. The number of hydrogen-bond acceptors (Lipinski definition) is 29. The van der Waals surface area contributed by atoms with Crippen LogP contribution in [0.2, 0.25) is 0 Å². The lowest BCUT2D eigenvalue weighted by molar-refractivity contribution is -0.138. The van der Waals surface area contributed by atoms with Gasteiger partial charge in [-0.1, -0.05) is 0 Å². The molecule has 0 saturated heterocycles. The van der Waals surface area contributed by atoms with Crippen molar-refractivity contribution in [3.8, 4) is 0 Å². The van der Waals surface area contributed by atoms with Crippen LogP contribution in [0.5, 0.6) is 0 Å². The average Bonchev–Trinajstić information content (AvgIpc) is 3.50.